The van der Waals surface area contributed by atoms with E-state index in [2.05, 4.69) is 25.1 Å². The molecule has 0 aliphatic rings. The molecule has 0 aromatic heterocycles. The van der Waals surface area contributed by atoms with Crippen LogP contribution in [0.3, 0.4) is 0 Å². The zero-order valence-electron chi connectivity index (χ0n) is 16.5. The summed E-state index contributed by atoms with van der Waals surface area (Å²) in [6, 6.07) is 22.1. The number of benzene rings is 3. The van der Waals surface area contributed by atoms with E-state index in [1.54, 1.807) is 0 Å². The van der Waals surface area contributed by atoms with Gasteiger partial charge in [0.1, 0.15) is 24.7 Å². The average Bonchev–Trinajstić information content (AvgIpc) is 2.71. The molecule has 4 N–H and O–H groups in total. The Kier molecular flexibility index (Phi) is 10.6. The van der Waals surface area contributed by atoms with Gasteiger partial charge in [-0.1, -0.05) is 42.0 Å². The Balaban J connectivity index is 0.00000210. The first kappa shape index (κ1) is 24.8. The summed E-state index contributed by atoms with van der Waals surface area (Å²) < 4.78 is 11.8. The zero-order chi connectivity index (χ0) is 19.1. The van der Waals surface area contributed by atoms with E-state index in [9.17, 15) is 0 Å². The van der Waals surface area contributed by atoms with Crippen LogP contribution >= 0.6 is 24.8 Å². The minimum Gasteiger partial charge on any atom is -0.489 e. The Bertz CT molecular complexity index is 799. The Hall–Kier alpha value is -2.24. The molecule has 156 valence electrons. The summed E-state index contributed by atoms with van der Waals surface area (Å²) in [5.74, 6) is 1.68. The van der Waals surface area contributed by atoms with Gasteiger partial charge in [-0.15, -0.1) is 24.8 Å². The third kappa shape index (κ3) is 7.59. The fourth-order valence-electron chi connectivity index (χ4n) is 2.89. The third-order valence-corrected chi connectivity index (χ3v) is 4.33. The molecule has 0 spiro atoms. The monoisotopic (exact) mass is 434 g/mol. The fourth-order valence-corrected chi connectivity index (χ4v) is 2.89. The number of halogens is 2. The van der Waals surface area contributed by atoms with E-state index < -0.39 is 0 Å². The van der Waals surface area contributed by atoms with Gasteiger partial charge in [0.25, 0.3) is 0 Å². The van der Waals surface area contributed by atoms with Crippen molar-refractivity contribution in [3.63, 3.8) is 0 Å². The quantitative estimate of drug-likeness (QED) is 0.527. The van der Waals surface area contributed by atoms with Gasteiger partial charge in [-0.2, -0.15) is 0 Å². The smallest absolute Gasteiger partial charge is 0.119 e. The van der Waals surface area contributed by atoms with Gasteiger partial charge < -0.3 is 20.9 Å². The van der Waals surface area contributed by atoms with Crippen LogP contribution in [0, 0.1) is 6.92 Å². The van der Waals surface area contributed by atoms with Crippen molar-refractivity contribution in [2.75, 3.05) is 0 Å². The second kappa shape index (κ2) is 12.3. The Morgan fingerprint density at radius 2 is 0.966 bits per heavy atom. The lowest BCUT2D eigenvalue weighted by Gasteiger charge is -2.11. The van der Waals surface area contributed by atoms with Crippen molar-refractivity contribution in [2.24, 2.45) is 11.5 Å². The fraction of sp³-hybridized carbons (Fsp3) is 0.217. The van der Waals surface area contributed by atoms with E-state index in [1.165, 1.54) is 5.56 Å². The predicted molar refractivity (Wildman–Crippen MR) is 123 cm³/mol. The number of aryl methyl sites for hydroxylation is 1. The predicted octanol–water partition coefficient (Wildman–Crippen LogP) is 4.91. The summed E-state index contributed by atoms with van der Waals surface area (Å²) in [5, 5.41) is 0. The molecular weight excluding hydrogens is 407 g/mol. The van der Waals surface area contributed by atoms with Crippen LogP contribution in [-0.2, 0) is 26.3 Å². The largest absolute Gasteiger partial charge is 0.489 e. The molecule has 0 atom stereocenters. The number of nitrogens with two attached hydrogens (primary N) is 2. The van der Waals surface area contributed by atoms with Gasteiger partial charge in [0.2, 0.25) is 0 Å². The van der Waals surface area contributed by atoms with Crippen molar-refractivity contribution < 1.29 is 9.47 Å². The highest BCUT2D eigenvalue weighted by Crippen LogP contribution is 2.18. The summed E-state index contributed by atoms with van der Waals surface area (Å²) >= 11 is 0. The molecule has 0 fully saturated rings. The van der Waals surface area contributed by atoms with Gasteiger partial charge in [-0.25, -0.2) is 0 Å². The molecule has 0 heterocycles. The molecule has 0 bridgehead atoms. The van der Waals surface area contributed by atoms with Gasteiger partial charge in [0.05, 0.1) is 0 Å². The van der Waals surface area contributed by atoms with Crippen molar-refractivity contribution in [3.8, 4) is 11.5 Å². The third-order valence-electron chi connectivity index (χ3n) is 4.33. The van der Waals surface area contributed by atoms with E-state index in [1.807, 2.05) is 48.5 Å². The highest BCUT2D eigenvalue weighted by molar-refractivity contribution is 5.85. The van der Waals surface area contributed by atoms with Gasteiger partial charge in [-0.3, -0.25) is 0 Å². The molecule has 0 saturated carbocycles. The molecule has 0 amide bonds. The minimum atomic E-state index is 0. The van der Waals surface area contributed by atoms with E-state index in [0.29, 0.717) is 26.3 Å². The number of hydrogen-bond donors (Lipinski definition) is 2. The molecule has 0 radical (unpaired) electrons. The molecule has 3 aromatic carbocycles. The summed E-state index contributed by atoms with van der Waals surface area (Å²) in [4.78, 5) is 0. The van der Waals surface area contributed by atoms with E-state index >= 15 is 0 Å². The molecule has 6 heteroatoms. The maximum atomic E-state index is 5.90. The molecule has 29 heavy (non-hydrogen) atoms. The molecule has 0 aliphatic heterocycles. The van der Waals surface area contributed by atoms with Gasteiger partial charge >= 0.3 is 0 Å². The second-order valence-corrected chi connectivity index (χ2v) is 6.60. The van der Waals surface area contributed by atoms with Crippen LogP contribution in [0.15, 0.2) is 66.7 Å². The number of rotatable bonds is 8. The van der Waals surface area contributed by atoms with Gasteiger partial charge in [0.15, 0.2) is 0 Å². The van der Waals surface area contributed by atoms with Crippen molar-refractivity contribution >= 4 is 24.8 Å². The van der Waals surface area contributed by atoms with E-state index in [0.717, 1.165) is 33.8 Å². The van der Waals surface area contributed by atoms with Crippen molar-refractivity contribution in [1.29, 1.82) is 0 Å². The first-order valence-corrected chi connectivity index (χ1v) is 9.09. The Morgan fingerprint density at radius 1 is 0.586 bits per heavy atom. The van der Waals surface area contributed by atoms with Crippen molar-refractivity contribution in [3.05, 3.63) is 94.5 Å². The molecule has 0 aliphatic carbocycles. The van der Waals surface area contributed by atoms with Crippen LogP contribution in [0.5, 0.6) is 11.5 Å². The Labute approximate surface area is 185 Å². The van der Waals surface area contributed by atoms with Crippen LogP contribution in [0.4, 0.5) is 0 Å². The average molecular weight is 435 g/mol. The highest BCUT2D eigenvalue weighted by atomic mass is 35.5. The first-order valence-electron chi connectivity index (χ1n) is 9.09. The minimum absolute atomic E-state index is 0. The summed E-state index contributed by atoms with van der Waals surface area (Å²) in [6.07, 6.45) is 0. The van der Waals surface area contributed by atoms with Gasteiger partial charge in [0, 0.05) is 13.1 Å². The normalized spacial score (nSPS) is 9.90. The Morgan fingerprint density at radius 3 is 1.31 bits per heavy atom. The maximum absolute atomic E-state index is 5.90. The SMILES string of the molecule is Cc1cc(COc2ccc(CN)cc2)cc(COc2ccc(CN)cc2)c1.Cl.Cl. The molecule has 0 unspecified atom stereocenters. The lowest BCUT2D eigenvalue weighted by atomic mass is 10.1. The van der Waals surface area contributed by atoms with Crippen LogP contribution in [0.1, 0.15) is 27.8 Å². The van der Waals surface area contributed by atoms with Crippen molar-refractivity contribution in [2.45, 2.75) is 33.2 Å². The lowest BCUT2D eigenvalue weighted by molar-refractivity contribution is 0.299. The number of ether oxygens (including phenoxy) is 2. The van der Waals surface area contributed by atoms with Crippen LogP contribution < -0.4 is 20.9 Å². The standard InChI is InChI=1S/C23H26N2O2.2ClH/c1-17-10-20(15-26-22-6-2-18(13-24)3-7-22)12-21(11-17)16-27-23-8-4-19(14-25)5-9-23;;/h2-12H,13-16,24-25H2,1H3;2*1H. The summed E-state index contributed by atoms with van der Waals surface area (Å²) in [5.41, 5.74) is 16.9. The van der Waals surface area contributed by atoms with Gasteiger partial charge in [-0.05, 0) is 59.5 Å². The molecule has 4 nitrogen and oxygen atoms in total. The van der Waals surface area contributed by atoms with Crippen molar-refractivity contribution in [1.82, 2.24) is 0 Å². The van der Waals surface area contributed by atoms with Crippen LogP contribution in [0.25, 0.3) is 0 Å². The topological polar surface area (TPSA) is 70.5 Å². The van der Waals surface area contributed by atoms with Crippen LogP contribution in [-0.4, -0.2) is 0 Å². The van der Waals surface area contributed by atoms with Crippen LogP contribution in [0.2, 0.25) is 0 Å². The molecule has 3 rings (SSSR count). The van der Waals surface area contributed by atoms with E-state index in [-0.39, 0.29) is 24.8 Å². The highest BCUT2D eigenvalue weighted by Gasteiger charge is 2.03. The maximum Gasteiger partial charge on any atom is 0.119 e. The molecule has 0 saturated heterocycles. The first-order chi connectivity index (χ1) is 13.2. The second-order valence-electron chi connectivity index (χ2n) is 6.60. The zero-order valence-corrected chi connectivity index (χ0v) is 18.1. The number of hydrogen-bond acceptors (Lipinski definition) is 4. The lowest BCUT2D eigenvalue weighted by Crippen LogP contribution is -2.01. The summed E-state index contributed by atoms with van der Waals surface area (Å²) in [7, 11) is 0. The summed E-state index contributed by atoms with van der Waals surface area (Å²) in [6.45, 7) is 4.19. The van der Waals surface area contributed by atoms with E-state index in [4.69, 9.17) is 20.9 Å². The molecular formula is C23H28Cl2N2O2. The molecule has 3 aromatic rings.